The zero-order valence-corrected chi connectivity index (χ0v) is 16.6. The minimum atomic E-state index is -3.60. The number of nitrogens with one attached hydrogen (secondary N) is 2. The van der Waals surface area contributed by atoms with Crippen molar-refractivity contribution in [2.75, 3.05) is 18.4 Å². The lowest BCUT2D eigenvalue weighted by Gasteiger charge is -2.16. The smallest absolute Gasteiger partial charge is 0.272 e. The molecule has 26 heavy (non-hydrogen) atoms. The summed E-state index contributed by atoms with van der Waals surface area (Å²) < 4.78 is 27.3. The van der Waals surface area contributed by atoms with Crippen LogP contribution in [0.5, 0.6) is 0 Å². The zero-order valence-electron chi connectivity index (χ0n) is 15.0. The molecule has 140 valence electrons. The molecule has 1 aliphatic rings. The molecule has 1 aromatic heterocycles. The Labute approximate surface area is 158 Å². The van der Waals surface area contributed by atoms with Gasteiger partial charge in [-0.05, 0) is 56.9 Å². The summed E-state index contributed by atoms with van der Waals surface area (Å²) in [5.41, 5.74) is 2.63. The van der Waals surface area contributed by atoms with Gasteiger partial charge in [0.25, 0.3) is 5.91 Å². The number of H-pyrrole nitrogens is 1. The van der Waals surface area contributed by atoms with Crippen molar-refractivity contribution in [3.05, 3.63) is 45.7 Å². The van der Waals surface area contributed by atoms with Crippen LogP contribution in [-0.2, 0) is 10.0 Å². The summed E-state index contributed by atoms with van der Waals surface area (Å²) in [6, 6.07) is 5.23. The largest absolute Gasteiger partial charge is 0.353 e. The molecule has 0 radical (unpaired) electrons. The maximum atomic E-state index is 12.9. The number of carbonyl (C=O) groups excluding carboxylic acids is 1. The summed E-state index contributed by atoms with van der Waals surface area (Å²) in [4.78, 5) is 15.9. The van der Waals surface area contributed by atoms with E-state index in [2.05, 4.69) is 10.3 Å². The van der Waals surface area contributed by atoms with Crippen molar-refractivity contribution in [2.24, 2.45) is 0 Å². The number of nitrogens with zero attached hydrogens (tertiary/aromatic N) is 1. The van der Waals surface area contributed by atoms with Crippen LogP contribution in [0.4, 0.5) is 5.69 Å². The molecule has 0 bridgehead atoms. The first-order valence-corrected chi connectivity index (χ1v) is 10.3. The van der Waals surface area contributed by atoms with E-state index in [0.717, 1.165) is 18.4 Å². The highest BCUT2D eigenvalue weighted by Gasteiger charge is 2.33. The van der Waals surface area contributed by atoms with E-state index in [-0.39, 0.29) is 16.5 Å². The maximum Gasteiger partial charge on any atom is 0.272 e. The van der Waals surface area contributed by atoms with Crippen molar-refractivity contribution in [1.82, 2.24) is 9.29 Å². The van der Waals surface area contributed by atoms with Crippen LogP contribution in [0.25, 0.3) is 0 Å². The molecule has 1 fully saturated rings. The lowest BCUT2D eigenvalue weighted by molar-refractivity contribution is 0.102. The molecule has 8 heteroatoms. The summed E-state index contributed by atoms with van der Waals surface area (Å²) in [5.74, 6) is -0.390. The lowest BCUT2D eigenvalue weighted by Crippen LogP contribution is -2.28. The van der Waals surface area contributed by atoms with Crippen LogP contribution >= 0.6 is 11.6 Å². The molecular formula is C18H22ClN3O3S. The molecule has 1 aliphatic heterocycles. The van der Waals surface area contributed by atoms with E-state index in [1.807, 2.05) is 13.0 Å². The van der Waals surface area contributed by atoms with Gasteiger partial charge >= 0.3 is 0 Å². The van der Waals surface area contributed by atoms with Crippen molar-refractivity contribution < 1.29 is 13.2 Å². The number of rotatable bonds is 4. The summed E-state index contributed by atoms with van der Waals surface area (Å²) in [5, 5.41) is 3.32. The van der Waals surface area contributed by atoms with E-state index in [9.17, 15) is 13.2 Å². The minimum Gasteiger partial charge on any atom is -0.353 e. The third kappa shape index (κ3) is 3.39. The van der Waals surface area contributed by atoms with E-state index in [1.54, 1.807) is 26.0 Å². The van der Waals surface area contributed by atoms with Gasteiger partial charge in [0.2, 0.25) is 10.0 Å². The van der Waals surface area contributed by atoms with Gasteiger partial charge in [0.05, 0.1) is 0 Å². The number of benzene rings is 1. The van der Waals surface area contributed by atoms with E-state index in [4.69, 9.17) is 11.6 Å². The van der Waals surface area contributed by atoms with Crippen molar-refractivity contribution in [1.29, 1.82) is 0 Å². The Morgan fingerprint density at radius 3 is 2.50 bits per heavy atom. The molecule has 0 spiro atoms. The molecular weight excluding hydrogens is 374 g/mol. The third-order valence-electron chi connectivity index (χ3n) is 4.71. The topological polar surface area (TPSA) is 82.3 Å². The quantitative estimate of drug-likeness (QED) is 0.829. The second-order valence-electron chi connectivity index (χ2n) is 6.60. The van der Waals surface area contributed by atoms with Crippen LogP contribution in [0.15, 0.2) is 23.1 Å². The first kappa shape index (κ1) is 18.9. The second kappa shape index (κ2) is 7.06. The van der Waals surface area contributed by atoms with Crippen molar-refractivity contribution in [3.63, 3.8) is 0 Å². The van der Waals surface area contributed by atoms with Crippen LogP contribution in [0, 0.1) is 20.8 Å². The van der Waals surface area contributed by atoms with Gasteiger partial charge in [-0.1, -0.05) is 17.7 Å². The van der Waals surface area contributed by atoms with Crippen LogP contribution in [-0.4, -0.2) is 36.7 Å². The van der Waals surface area contributed by atoms with E-state index in [1.165, 1.54) is 4.31 Å². The Hall–Kier alpha value is -1.83. The van der Waals surface area contributed by atoms with Gasteiger partial charge < -0.3 is 10.3 Å². The number of hydrogen-bond donors (Lipinski definition) is 2. The number of aromatic nitrogens is 1. The summed E-state index contributed by atoms with van der Waals surface area (Å²) in [6.07, 6.45) is 1.73. The van der Waals surface area contributed by atoms with Crippen molar-refractivity contribution in [3.8, 4) is 0 Å². The zero-order chi connectivity index (χ0) is 19.1. The Kier molecular flexibility index (Phi) is 5.14. The van der Waals surface area contributed by atoms with Crippen LogP contribution < -0.4 is 5.32 Å². The predicted molar refractivity (Wildman–Crippen MR) is 102 cm³/mol. The highest BCUT2D eigenvalue weighted by atomic mass is 35.5. The maximum absolute atomic E-state index is 12.9. The SMILES string of the molecule is Cc1ccc(Cl)cc1NC(=O)c1[nH]c(C)c(S(=O)(=O)N2CCCC2)c1C. The highest BCUT2D eigenvalue weighted by molar-refractivity contribution is 7.89. The van der Waals surface area contributed by atoms with Crippen LogP contribution in [0.2, 0.25) is 5.02 Å². The van der Waals surface area contributed by atoms with Gasteiger partial charge in [0, 0.05) is 29.5 Å². The fourth-order valence-corrected chi connectivity index (χ4v) is 5.41. The molecule has 0 aliphatic carbocycles. The summed E-state index contributed by atoms with van der Waals surface area (Å²) in [6.45, 7) is 6.25. The molecule has 0 unspecified atom stereocenters. The molecule has 1 saturated heterocycles. The monoisotopic (exact) mass is 395 g/mol. The normalized spacial score (nSPS) is 15.4. The average Bonchev–Trinajstić information content (AvgIpc) is 3.19. The Bertz CT molecular complexity index is 960. The summed E-state index contributed by atoms with van der Waals surface area (Å²) >= 11 is 6.00. The number of halogens is 1. The van der Waals surface area contributed by atoms with Crippen LogP contribution in [0.3, 0.4) is 0 Å². The lowest BCUT2D eigenvalue weighted by atomic mass is 10.2. The molecule has 1 aromatic carbocycles. The average molecular weight is 396 g/mol. The fraction of sp³-hybridized carbons (Fsp3) is 0.389. The van der Waals surface area contributed by atoms with Crippen molar-refractivity contribution >= 4 is 33.2 Å². The Balaban J connectivity index is 1.95. The van der Waals surface area contributed by atoms with E-state index < -0.39 is 10.0 Å². The Morgan fingerprint density at radius 2 is 1.85 bits per heavy atom. The van der Waals surface area contributed by atoms with Gasteiger partial charge in [-0.25, -0.2) is 8.42 Å². The van der Waals surface area contributed by atoms with E-state index in [0.29, 0.717) is 35.1 Å². The second-order valence-corrected chi connectivity index (χ2v) is 8.91. The number of anilines is 1. The van der Waals surface area contributed by atoms with Gasteiger partial charge in [-0.15, -0.1) is 0 Å². The number of aromatic amines is 1. The van der Waals surface area contributed by atoms with Gasteiger partial charge in [-0.2, -0.15) is 4.31 Å². The Morgan fingerprint density at radius 1 is 1.19 bits per heavy atom. The minimum absolute atomic E-state index is 0.201. The number of carbonyl (C=O) groups is 1. The molecule has 0 saturated carbocycles. The third-order valence-corrected chi connectivity index (χ3v) is 7.11. The van der Waals surface area contributed by atoms with E-state index >= 15 is 0 Å². The molecule has 3 rings (SSSR count). The summed E-state index contributed by atoms with van der Waals surface area (Å²) in [7, 11) is -3.60. The highest BCUT2D eigenvalue weighted by Crippen LogP contribution is 2.29. The number of hydrogen-bond acceptors (Lipinski definition) is 3. The first-order chi connectivity index (χ1) is 12.2. The number of sulfonamides is 1. The van der Waals surface area contributed by atoms with Gasteiger partial charge in [0.15, 0.2) is 0 Å². The molecule has 2 aromatic rings. The van der Waals surface area contributed by atoms with Gasteiger partial charge in [0.1, 0.15) is 10.6 Å². The molecule has 2 heterocycles. The first-order valence-electron chi connectivity index (χ1n) is 8.48. The number of aryl methyl sites for hydroxylation is 2. The standard InChI is InChI=1S/C18H22ClN3O3S/c1-11-6-7-14(19)10-15(11)21-18(23)16-12(2)17(13(3)20-16)26(24,25)22-8-4-5-9-22/h6-7,10,20H,4-5,8-9H2,1-3H3,(H,21,23). The molecule has 0 atom stereocenters. The van der Waals surface area contributed by atoms with Crippen molar-refractivity contribution in [2.45, 2.75) is 38.5 Å². The fourth-order valence-electron chi connectivity index (χ4n) is 3.32. The molecule has 2 N–H and O–H groups in total. The molecule has 6 nitrogen and oxygen atoms in total. The van der Waals surface area contributed by atoms with Crippen LogP contribution in [0.1, 0.15) is 40.2 Å². The number of amides is 1. The molecule has 1 amide bonds. The van der Waals surface area contributed by atoms with Gasteiger partial charge in [-0.3, -0.25) is 4.79 Å². The predicted octanol–water partition coefficient (Wildman–Crippen LogP) is 3.63.